The first-order chi connectivity index (χ1) is 8.22. The number of carbonyl (C=O) groups excluding carboxylic acids is 1. The molecule has 0 bridgehead atoms. The molecule has 1 aliphatic rings. The molecule has 0 aromatic heterocycles. The quantitative estimate of drug-likeness (QED) is 0.863. The van der Waals surface area contributed by atoms with E-state index in [0.717, 1.165) is 23.4 Å². The van der Waals surface area contributed by atoms with E-state index in [1.54, 1.807) is 11.8 Å². The van der Waals surface area contributed by atoms with Crippen LogP contribution >= 0.6 is 11.8 Å². The van der Waals surface area contributed by atoms with Gasteiger partial charge in [-0.25, -0.2) is 0 Å². The third-order valence-corrected chi connectivity index (χ3v) is 4.09. The minimum Gasteiger partial charge on any atom is -0.396 e. The Morgan fingerprint density at radius 2 is 2.35 bits per heavy atom. The van der Waals surface area contributed by atoms with Gasteiger partial charge in [-0.3, -0.25) is 4.79 Å². The lowest BCUT2D eigenvalue weighted by atomic mass is 9.97. The lowest BCUT2D eigenvalue weighted by Crippen LogP contribution is -2.18. The fourth-order valence-corrected chi connectivity index (χ4v) is 2.79. The molecule has 1 atom stereocenters. The predicted octanol–water partition coefficient (Wildman–Crippen LogP) is 2.29. The van der Waals surface area contributed by atoms with E-state index in [1.807, 2.05) is 12.1 Å². The maximum atomic E-state index is 11.2. The zero-order valence-corrected chi connectivity index (χ0v) is 10.7. The van der Waals surface area contributed by atoms with Crippen LogP contribution in [-0.2, 0) is 11.2 Å². The first kappa shape index (κ1) is 12.5. The second kappa shape index (κ2) is 5.56. The summed E-state index contributed by atoms with van der Waals surface area (Å²) in [7, 11) is 0. The van der Waals surface area contributed by atoms with Crippen molar-refractivity contribution in [3.63, 3.8) is 0 Å². The summed E-state index contributed by atoms with van der Waals surface area (Å²) >= 11 is 1.58. The SMILES string of the molecule is CCC(CO)Cc1ccc2c(c1)SCC(=O)N2. The van der Waals surface area contributed by atoms with Crippen molar-refractivity contribution < 1.29 is 9.90 Å². The second-order valence-electron chi connectivity index (χ2n) is 4.33. The standard InChI is InChI=1S/C13H17NO2S/c1-2-9(7-15)5-10-3-4-11-12(6-10)17-8-13(16)14-11/h3-4,6,9,15H,2,5,7-8H2,1H3,(H,14,16). The average Bonchev–Trinajstić information content (AvgIpc) is 2.36. The van der Waals surface area contributed by atoms with Crippen LogP contribution in [0.25, 0.3) is 0 Å². The molecule has 1 amide bonds. The zero-order valence-electron chi connectivity index (χ0n) is 9.90. The summed E-state index contributed by atoms with van der Waals surface area (Å²) in [4.78, 5) is 12.4. The summed E-state index contributed by atoms with van der Waals surface area (Å²) in [6.45, 7) is 2.33. The van der Waals surface area contributed by atoms with Crippen molar-refractivity contribution in [1.82, 2.24) is 0 Å². The highest BCUT2D eigenvalue weighted by Crippen LogP contribution is 2.32. The molecule has 0 aliphatic carbocycles. The molecule has 0 radical (unpaired) electrons. The summed E-state index contributed by atoms with van der Waals surface area (Å²) in [6, 6.07) is 6.11. The van der Waals surface area contributed by atoms with Gasteiger partial charge in [0.1, 0.15) is 0 Å². The van der Waals surface area contributed by atoms with Crippen LogP contribution in [0.15, 0.2) is 23.1 Å². The Labute approximate surface area is 106 Å². The number of benzene rings is 1. The Hall–Kier alpha value is -1.00. The maximum Gasteiger partial charge on any atom is 0.234 e. The van der Waals surface area contributed by atoms with Crippen molar-refractivity contribution in [2.24, 2.45) is 5.92 Å². The van der Waals surface area contributed by atoms with Gasteiger partial charge in [0, 0.05) is 11.5 Å². The van der Waals surface area contributed by atoms with Crippen LogP contribution in [-0.4, -0.2) is 23.4 Å². The Balaban J connectivity index is 2.13. The lowest BCUT2D eigenvalue weighted by Gasteiger charge is -2.18. The summed E-state index contributed by atoms with van der Waals surface area (Å²) in [5, 5.41) is 12.1. The summed E-state index contributed by atoms with van der Waals surface area (Å²) in [5.74, 6) is 0.890. The normalized spacial score (nSPS) is 16.2. The largest absolute Gasteiger partial charge is 0.396 e. The van der Waals surface area contributed by atoms with Crippen molar-refractivity contribution in [1.29, 1.82) is 0 Å². The van der Waals surface area contributed by atoms with Gasteiger partial charge in [-0.1, -0.05) is 19.4 Å². The fourth-order valence-electron chi connectivity index (χ4n) is 1.92. The van der Waals surface area contributed by atoms with E-state index >= 15 is 0 Å². The predicted molar refractivity (Wildman–Crippen MR) is 70.4 cm³/mol. The zero-order chi connectivity index (χ0) is 12.3. The maximum absolute atomic E-state index is 11.2. The first-order valence-electron chi connectivity index (χ1n) is 5.89. The van der Waals surface area contributed by atoms with Crippen molar-refractivity contribution in [3.05, 3.63) is 23.8 Å². The second-order valence-corrected chi connectivity index (χ2v) is 5.35. The number of thioether (sulfide) groups is 1. The van der Waals surface area contributed by atoms with Gasteiger partial charge in [-0.2, -0.15) is 0 Å². The Morgan fingerprint density at radius 3 is 3.06 bits per heavy atom. The number of aliphatic hydroxyl groups excluding tert-OH is 1. The van der Waals surface area contributed by atoms with Gasteiger partial charge in [0.05, 0.1) is 11.4 Å². The minimum atomic E-state index is 0.0667. The molecule has 92 valence electrons. The number of hydrogen-bond acceptors (Lipinski definition) is 3. The molecule has 3 nitrogen and oxygen atoms in total. The van der Waals surface area contributed by atoms with Crippen LogP contribution in [0, 0.1) is 5.92 Å². The van der Waals surface area contributed by atoms with Crippen LogP contribution in [0.5, 0.6) is 0 Å². The molecule has 0 fully saturated rings. The monoisotopic (exact) mass is 251 g/mol. The van der Waals surface area contributed by atoms with Gasteiger partial charge >= 0.3 is 0 Å². The topological polar surface area (TPSA) is 49.3 Å². The number of aliphatic hydroxyl groups is 1. The third kappa shape index (κ3) is 3.01. The van der Waals surface area contributed by atoms with E-state index < -0.39 is 0 Å². The van der Waals surface area contributed by atoms with Crippen LogP contribution in [0.1, 0.15) is 18.9 Å². The Bertz CT molecular complexity index is 416. The van der Waals surface area contributed by atoms with Crippen molar-refractivity contribution in [3.8, 4) is 0 Å². The molecule has 1 aromatic carbocycles. The lowest BCUT2D eigenvalue weighted by molar-refractivity contribution is -0.113. The van der Waals surface area contributed by atoms with E-state index in [0.29, 0.717) is 11.7 Å². The smallest absolute Gasteiger partial charge is 0.234 e. The van der Waals surface area contributed by atoms with Crippen LogP contribution in [0.2, 0.25) is 0 Å². The van der Waals surface area contributed by atoms with E-state index in [9.17, 15) is 9.90 Å². The number of carbonyl (C=O) groups is 1. The number of amides is 1. The van der Waals surface area contributed by atoms with Crippen LogP contribution < -0.4 is 5.32 Å². The molecule has 0 saturated carbocycles. The molecular weight excluding hydrogens is 234 g/mol. The molecule has 17 heavy (non-hydrogen) atoms. The van der Waals surface area contributed by atoms with Gasteiger partial charge in [0.2, 0.25) is 5.91 Å². The summed E-state index contributed by atoms with van der Waals surface area (Å²) in [6.07, 6.45) is 1.88. The molecule has 4 heteroatoms. The summed E-state index contributed by atoms with van der Waals surface area (Å²) in [5.41, 5.74) is 2.14. The highest BCUT2D eigenvalue weighted by molar-refractivity contribution is 8.00. The highest BCUT2D eigenvalue weighted by atomic mass is 32.2. The van der Waals surface area contributed by atoms with Gasteiger partial charge < -0.3 is 10.4 Å². The van der Waals surface area contributed by atoms with Crippen molar-refractivity contribution in [2.45, 2.75) is 24.7 Å². The van der Waals surface area contributed by atoms with E-state index in [4.69, 9.17) is 0 Å². The molecule has 1 aliphatic heterocycles. The highest BCUT2D eigenvalue weighted by Gasteiger charge is 2.16. The van der Waals surface area contributed by atoms with Gasteiger partial charge in [-0.05, 0) is 30.0 Å². The van der Waals surface area contributed by atoms with Crippen LogP contribution in [0.3, 0.4) is 0 Å². The van der Waals surface area contributed by atoms with Gasteiger partial charge in [0.15, 0.2) is 0 Å². The number of anilines is 1. The Kier molecular flexibility index (Phi) is 4.07. The molecule has 1 aromatic rings. The third-order valence-electron chi connectivity index (χ3n) is 3.04. The van der Waals surface area contributed by atoms with Crippen molar-refractivity contribution in [2.75, 3.05) is 17.7 Å². The molecular formula is C13H17NO2S. The average molecular weight is 251 g/mol. The van der Waals surface area contributed by atoms with Crippen molar-refractivity contribution >= 4 is 23.4 Å². The van der Waals surface area contributed by atoms with Crippen LogP contribution in [0.4, 0.5) is 5.69 Å². The molecule has 1 heterocycles. The van der Waals surface area contributed by atoms with E-state index in [2.05, 4.69) is 18.3 Å². The molecule has 1 unspecified atom stereocenters. The van der Waals surface area contributed by atoms with E-state index in [-0.39, 0.29) is 12.5 Å². The van der Waals surface area contributed by atoms with E-state index in [1.165, 1.54) is 5.56 Å². The Morgan fingerprint density at radius 1 is 1.53 bits per heavy atom. The van der Waals surface area contributed by atoms with Gasteiger partial charge in [-0.15, -0.1) is 11.8 Å². The first-order valence-corrected chi connectivity index (χ1v) is 6.88. The number of nitrogens with one attached hydrogen (secondary N) is 1. The fraction of sp³-hybridized carbons (Fsp3) is 0.462. The number of fused-ring (bicyclic) bond motifs is 1. The molecule has 2 rings (SSSR count). The van der Waals surface area contributed by atoms with Gasteiger partial charge in [0.25, 0.3) is 0 Å². The number of hydrogen-bond donors (Lipinski definition) is 2. The number of rotatable bonds is 4. The minimum absolute atomic E-state index is 0.0667. The summed E-state index contributed by atoms with van der Waals surface area (Å²) < 4.78 is 0. The molecule has 2 N–H and O–H groups in total. The molecule has 0 spiro atoms. The molecule has 0 saturated heterocycles.